The summed E-state index contributed by atoms with van der Waals surface area (Å²) in [5, 5.41) is 2.44. The van der Waals surface area contributed by atoms with Gasteiger partial charge in [0.2, 0.25) is 5.89 Å². The predicted octanol–water partition coefficient (Wildman–Crippen LogP) is 2.19. The van der Waals surface area contributed by atoms with Crippen LogP contribution in [0.25, 0.3) is 12.2 Å². The zero-order chi connectivity index (χ0) is 9.97. The molecule has 0 aliphatic rings. The molecule has 0 fully saturated rings. The highest BCUT2D eigenvalue weighted by molar-refractivity contribution is 7.13. The number of nitrogen functional groups attached to an aromatic ring is 1. The Hall–Kier alpha value is -1.62. The Morgan fingerprint density at radius 3 is 2.93 bits per heavy atom. The van der Waals surface area contributed by atoms with E-state index in [1.165, 1.54) is 11.3 Å². The monoisotopic (exact) mass is 207 g/mol. The molecule has 0 aromatic carbocycles. The molecule has 2 rings (SSSR count). The van der Waals surface area contributed by atoms with Crippen LogP contribution in [0.3, 0.4) is 0 Å². The molecule has 0 saturated carbocycles. The first-order valence-electron chi connectivity index (χ1n) is 4.05. The van der Waals surface area contributed by atoms with Crippen LogP contribution in [0.1, 0.15) is 17.3 Å². The van der Waals surface area contributed by atoms with Crippen molar-refractivity contribution in [3.63, 3.8) is 0 Å². The van der Waals surface area contributed by atoms with Gasteiger partial charge in [-0.25, -0.2) is 9.97 Å². The molecular weight excluding hydrogens is 198 g/mol. The van der Waals surface area contributed by atoms with E-state index in [4.69, 9.17) is 10.2 Å². The maximum atomic E-state index is 5.49. The molecule has 0 atom stereocenters. The van der Waals surface area contributed by atoms with Crippen LogP contribution in [0.15, 0.2) is 16.0 Å². The lowest BCUT2D eigenvalue weighted by Gasteiger charge is -1.82. The molecule has 0 unspecified atom stereocenters. The highest BCUT2D eigenvalue weighted by Crippen LogP contribution is 2.13. The summed E-state index contributed by atoms with van der Waals surface area (Å²) in [6.45, 7) is 1.85. The van der Waals surface area contributed by atoms with Crippen molar-refractivity contribution in [3.05, 3.63) is 28.9 Å². The number of oxazole rings is 1. The molecule has 5 heteroatoms. The van der Waals surface area contributed by atoms with Gasteiger partial charge in [-0.2, -0.15) is 0 Å². The predicted molar refractivity (Wildman–Crippen MR) is 56.7 cm³/mol. The minimum absolute atomic E-state index is 0.563. The van der Waals surface area contributed by atoms with Gasteiger partial charge >= 0.3 is 0 Å². The van der Waals surface area contributed by atoms with Crippen molar-refractivity contribution in [2.75, 3.05) is 5.73 Å². The van der Waals surface area contributed by atoms with E-state index in [0.717, 1.165) is 11.5 Å². The van der Waals surface area contributed by atoms with Crippen LogP contribution < -0.4 is 5.73 Å². The van der Waals surface area contributed by atoms with Crippen LogP contribution in [-0.2, 0) is 0 Å². The molecule has 0 amide bonds. The summed E-state index contributed by atoms with van der Waals surface area (Å²) in [4.78, 5) is 8.10. The fourth-order valence-electron chi connectivity index (χ4n) is 0.983. The molecule has 0 saturated heterocycles. The largest absolute Gasteiger partial charge is 0.442 e. The van der Waals surface area contributed by atoms with Crippen LogP contribution >= 0.6 is 11.3 Å². The van der Waals surface area contributed by atoms with Crippen LogP contribution in [-0.4, -0.2) is 9.97 Å². The average Bonchev–Trinajstić information content (AvgIpc) is 2.72. The SMILES string of the molecule is Cc1cnc(C=Cc2csc(N)n2)o1. The maximum Gasteiger partial charge on any atom is 0.218 e. The zero-order valence-corrected chi connectivity index (χ0v) is 8.41. The number of nitrogens with two attached hydrogens (primary N) is 1. The van der Waals surface area contributed by atoms with Gasteiger partial charge < -0.3 is 10.2 Å². The second-order valence-corrected chi connectivity index (χ2v) is 3.64. The van der Waals surface area contributed by atoms with Gasteiger partial charge in [-0.05, 0) is 13.0 Å². The Morgan fingerprint density at radius 2 is 2.36 bits per heavy atom. The number of hydrogen-bond donors (Lipinski definition) is 1. The van der Waals surface area contributed by atoms with E-state index in [1.807, 2.05) is 18.4 Å². The molecule has 4 nitrogen and oxygen atoms in total. The number of anilines is 1. The number of thiazole rings is 1. The van der Waals surface area contributed by atoms with Crippen molar-refractivity contribution in [2.24, 2.45) is 0 Å². The Kier molecular flexibility index (Phi) is 2.32. The van der Waals surface area contributed by atoms with Crippen molar-refractivity contribution in [2.45, 2.75) is 6.92 Å². The van der Waals surface area contributed by atoms with Crippen molar-refractivity contribution in [3.8, 4) is 0 Å². The second kappa shape index (κ2) is 3.63. The number of aromatic nitrogens is 2. The zero-order valence-electron chi connectivity index (χ0n) is 7.60. The number of aryl methyl sites for hydroxylation is 1. The number of hydrogen-bond acceptors (Lipinski definition) is 5. The average molecular weight is 207 g/mol. The van der Waals surface area contributed by atoms with Gasteiger partial charge in [0.1, 0.15) is 5.76 Å². The highest BCUT2D eigenvalue weighted by Gasteiger charge is 1.96. The Bertz CT molecular complexity index is 416. The molecule has 0 aliphatic carbocycles. The van der Waals surface area contributed by atoms with Gasteiger partial charge in [0, 0.05) is 11.5 Å². The standard InChI is InChI=1S/C9H9N3OS/c1-6-4-11-8(13-6)3-2-7-5-14-9(10)12-7/h2-5H,1H3,(H2,10,12). The fourth-order valence-corrected chi connectivity index (χ4v) is 1.51. The lowest BCUT2D eigenvalue weighted by atomic mass is 10.4. The molecule has 0 spiro atoms. The first-order chi connectivity index (χ1) is 6.74. The quantitative estimate of drug-likeness (QED) is 0.819. The van der Waals surface area contributed by atoms with E-state index < -0.39 is 0 Å². The summed E-state index contributed by atoms with van der Waals surface area (Å²) in [5.74, 6) is 1.37. The van der Waals surface area contributed by atoms with Gasteiger partial charge in [-0.15, -0.1) is 11.3 Å². The molecule has 2 N–H and O–H groups in total. The van der Waals surface area contributed by atoms with Gasteiger partial charge in [0.15, 0.2) is 5.13 Å². The third-order valence-electron chi connectivity index (χ3n) is 1.58. The first-order valence-corrected chi connectivity index (χ1v) is 4.93. The van der Waals surface area contributed by atoms with E-state index in [1.54, 1.807) is 12.3 Å². The molecule has 2 aromatic rings. The Morgan fingerprint density at radius 1 is 1.50 bits per heavy atom. The van der Waals surface area contributed by atoms with Gasteiger partial charge in [-0.3, -0.25) is 0 Å². The number of rotatable bonds is 2. The summed E-state index contributed by atoms with van der Waals surface area (Å²) >= 11 is 1.41. The van der Waals surface area contributed by atoms with Crippen molar-refractivity contribution in [1.82, 2.24) is 9.97 Å². The topological polar surface area (TPSA) is 64.9 Å². The van der Waals surface area contributed by atoms with E-state index in [0.29, 0.717) is 11.0 Å². The lowest BCUT2D eigenvalue weighted by Crippen LogP contribution is -1.80. The van der Waals surface area contributed by atoms with Crippen LogP contribution in [0, 0.1) is 6.92 Å². The summed E-state index contributed by atoms with van der Waals surface area (Å²) in [6.07, 6.45) is 5.26. The summed E-state index contributed by atoms with van der Waals surface area (Å²) in [6, 6.07) is 0. The van der Waals surface area contributed by atoms with E-state index in [2.05, 4.69) is 9.97 Å². The van der Waals surface area contributed by atoms with Crippen LogP contribution in [0.5, 0.6) is 0 Å². The lowest BCUT2D eigenvalue weighted by molar-refractivity contribution is 0.517. The van der Waals surface area contributed by atoms with Crippen molar-refractivity contribution >= 4 is 28.6 Å². The molecule has 2 aromatic heterocycles. The van der Waals surface area contributed by atoms with Gasteiger partial charge in [-0.1, -0.05) is 0 Å². The van der Waals surface area contributed by atoms with Crippen molar-refractivity contribution in [1.29, 1.82) is 0 Å². The Balaban J connectivity index is 2.14. The van der Waals surface area contributed by atoms with Gasteiger partial charge in [0.05, 0.1) is 11.9 Å². The molecular formula is C9H9N3OS. The minimum Gasteiger partial charge on any atom is -0.442 e. The minimum atomic E-state index is 0.563. The molecule has 0 radical (unpaired) electrons. The first kappa shape index (κ1) is 8.96. The molecule has 14 heavy (non-hydrogen) atoms. The van der Waals surface area contributed by atoms with Crippen LogP contribution in [0.4, 0.5) is 5.13 Å². The van der Waals surface area contributed by atoms with Crippen molar-refractivity contribution < 1.29 is 4.42 Å². The second-order valence-electron chi connectivity index (χ2n) is 2.75. The maximum absolute atomic E-state index is 5.49. The molecule has 0 aliphatic heterocycles. The normalized spacial score (nSPS) is 11.2. The number of nitrogens with zero attached hydrogens (tertiary/aromatic N) is 2. The fraction of sp³-hybridized carbons (Fsp3) is 0.111. The highest BCUT2D eigenvalue weighted by atomic mass is 32.1. The third kappa shape index (κ3) is 2.00. The third-order valence-corrected chi connectivity index (χ3v) is 2.27. The smallest absolute Gasteiger partial charge is 0.218 e. The molecule has 0 bridgehead atoms. The van der Waals surface area contributed by atoms with Crippen LogP contribution in [0.2, 0.25) is 0 Å². The van der Waals surface area contributed by atoms with E-state index in [-0.39, 0.29) is 0 Å². The van der Waals surface area contributed by atoms with E-state index >= 15 is 0 Å². The Labute approximate surface area is 85.1 Å². The summed E-state index contributed by atoms with van der Waals surface area (Å²) in [7, 11) is 0. The summed E-state index contributed by atoms with van der Waals surface area (Å²) in [5.41, 5.74) is 6.31. The summed E-state index contributed by atoms with van der Waals surface area (Å²) < 4.78 is 5.26. The molecule has 2 heterocycles. The van der Waals surface area contributed by atoms with E-state index in [9.17, 15) is 0 Å². The molecule has 72 valence electrons. The van der Waals surface area contributed by atoms with Gasteiger partial charge in [0.25, 0.3) is 0 Å².